The molecule has 9 nitrogen and oxygen atoms in total. The second-order valence-corrected chi connectivity index (χ2v) is 5.96. The summed E-state index contributed by atoms with van der Waals surface area (Å²) >= 11 is 0. The van der Waals surface area contributed by atoms with Crippen LogP contribution in [0.15, 0.2) is 57.7 Å². The van der Waals surface area contributed by atoms with E-state index in [1.807, 2.05) is 0 Å². The van der Waals surface area contributed by atoms with Gasteiger partial charge in [0, 0.05) is 11.8 Å². The number of nitro groups is 1. The topological polar surface area (TPSA) is 132 Å². The van der Waals surface area contributed by atoms with Crippen molar-refractivity contribution in [1.29, 1.82) is 0 Å². The Labute approximate surface area is 158 Å². The van der Waals surface area contributed by atoms with Gasteiger partial charge < -0.3 is 19.6 Å². The van der Waals surface area contributed by atoms with E-state index in [2.05, 4.69) is 5.32 Å². The molecule has 1 aromatic heterocycles. The molecule has 0 aliphatic carbocycles. The minimum absolute atomic E-state index is 0.0635. The molecule has 2 aromatic carbocycles. The molecule has 0 radical (unpaired) electrons. The molecule has 0 bridgehead atoms. The Morgan fingerprint density at radius 3 is 2.57 bits per heavy atom. The molecule has 0 fully saturated rings. The number of carbonyl (C=O) groups excluding carboxylic acids is 1. The molecule has 2 N–H and O–H groups in total. The lowest BCUT2D eigenvalue weighted by Crippen LogP contribution is -2.33. The minimum atomic E-state index is -1.13. The molecule has 0 spiro atoms. The number of carbonyl (C=O) groups is 1. The van der Waals surface area contributed by atoms with E-state index in [0.29, 0.717) is 5.56 Å². The quantitative estimate of drug-likeness (QED) is 0.287. The van der Waals surface area contributed by atoms with E-state index in [1.54, 1.807) is 30.3 Å². The number of para-hydroxylation sites is 1. The number of phenolic OH excluding ortho intramolecular Hbond substituents is 1. The molecule has 0 saturated carbocycles. The maximum atomic E-state index is 12.3. The molecule has 9 heteroatoms. The van der Waals surface area contributed by atoms with E-state index in [4.69, 9.17) is 9.15 Å². The van der Waals surface area contributed by atoms with E-state index in [1.165, 1.54) is 25.3 Å². The van der Waals surface area contributed by atoms with Gasteiger partial charge in [-0.05, 0) is 29.8 Å². The SMILES string of the molecule is COC(=O)C(Cc1ccc(O)cc1)Nc1c([N+](=O)[O-])c(=O)oc2ccccc12. The van der Waals surface area contributed by atoms with E-state index in [-0.39, 0.29) is 28.8 Å². The van der Waals surface area contributed by atoms with Crippen molar-refractivity contribution in [2.24, 2.45) is 0 Å². The Balaban J connectivity index is 2.09. The summed E-state index contributed by atoms with van der Waals surface area (Å²) in [6.45, 7) is 0. The number of ether oxygens (including phenoxy) is 1. The summed E-state index contributed by atoms with van der Waals surface area (Å²) in [5.41, 5.74) is -1.21. The number of benzene rings is 2. The minimum Gasteiger partial charge on any atom is -0.508 e. The van der Waals surface area contributed by atoms with Crippen molar-refractivity contribution in [1.82, 2.24) is 0 Å². The summed E-state index contributed by atoms with van der Waals surface area (Å²) in [6.07, 6.45) is 0.110. The smallest absolute Gasteiger partial charge is 0.417 e. The van der Waals surface area contributed by atoms with Gasteiger partial charge in [-0.3, -0.25) is 10.1 Å². The highest BCUT2D eigenvalue weighted by Gasteiger charge is 2.29. The number of hydrogen-bond acceptors (Lipinski definition) is 8. The summed E-state index contributed by atoms with van der Waals surface area (Å²) in [6, 6.07) is 11.4. The summed E-state index contributed by atoms with van der Waals surface area (Å²) in [7, 11) is 1.19. The first-order valence-electron chi connectivity index (χ1n) is 8.23. The molecule has 0 aliphatic rings. The van der Waals surface area contributed by atoms with Crippen molar-refractivity contribution in [2.75, 3.05) is 12.4 Å². The molecule has 3 aromatic rings. The zero-order valence-electron chi connectivity index (χ0n) is 14.7. The number of nitrogens with zero attached hydrogens (tertiary/aromatic N) is 1. The number of fused-ring (bicyclic) bond motifs is 1. The fourth-order valence-corrected chi connectivity index (χ4v) is 2.83. The monoisotopic (exact) mass is 384 g/mol. The van der Waals surface area contributed by atoms with Gasteiger partial charge in [-0.25, -0.2) is 9.59 Å². The maximum Gasteiger partial charge on any atom is 0.417 e. The first kappa shape index (κ1) is 18.9. The van der Waals surface area contributed by atoms with Crippen LogP contribution in [0.2, 0.25) is 0 Å². The maximum absolute atomic E-state index is 12.3. The number of rotatable bonds is 6. The lowest BCUT2D eigenvalue weighted by Gasteiger charge is -2.18. The zero-order chi connectivity index (χ0) is 20.3. The average Bonchev–Trinajstić information content (AvgIpc) is 2.68. The van der Waals surface area contributed by atoms with Gasteiger partial charge in [-0.15, -0.1) is 0 Å². The number of hydrogen-bond donors (Lipinski definition) is 2. The number of phenols is 1. The van der Waals surface area contributed by atoms with Crippen LogP contribution in [0.25, 0.3) is 11.0 Å². The Morgan fingerprint density at radius 1 is 1.25 bits per heavy atom. The molecule has 0 saturated heterocycles. The lowest BCUT2D eigenvalue weighted by atomic mass is 10.0. The predicted molar refractivity (Wildman–Crippen MR) is 100 cm³/mol. The van der Waals surface area contributed by atoms with Gasteiger partial charge >= 0.3 is 17.3 Å². The number of esters is 1. The largest absolute Gasteiger partial charge is 0.508 e. The second-order valence-electron chi connectivity index (χ2n) is 5.96. The van der Waals surface area contributed by atoms with Gasteiger partial charge in [0.2, 0.25) is 0 Å². The molecule has 1 atom stereocenters. The lowest BCUT2D eigenvalue weighted by molar-refractivity contribution is -0.386. The fourth-order valence-electron chi connectivity index (χ4n) is 2.83. The van der Waals surface area contributed by atoms with Crippen LogP contribution in [-0.4, -0.2) is 29.2 Å². The third-order valence-corrected chi connectivity index (χ3v) is 4.15. The van der Waals surface area contributed by atoms with Crippen molar-refractivity contribution >= 4 is 28.3 Å². The summed E-state index contributed by atoms with van der Waals surface area (Å²) in [4.78, 5) is 35.0. The summed E-state index contributed by atoms with van der Waals surface area (Å²) in [5, 5.41) is 23.9. The van der Waals surface area contributed by atoms with Crippen LogP contribution in [-0.2, 0) is 16.0 Å². The van der Waals surface area contributed by atoms with Crippen molar-refractivity contribution in [3.8, 4) is 5.75 Å². The summed E-state index contributed by atoms with van der Waals surface area (Å²) in [5.74, 6) is -0.603. The molecule has 28 heavy (non-hydrogen) atoms. The van der Waals surface area contributed by atoms with Crippen molar-refractivity contribution in [3.63, 3.8) is 0 Å². The van der Waals surface area contributed by atoms with Crippen LogP contribution < -0.4 is 10.9 Å². The van der Waals surface area contributed by atoms with Crippen LogP contribution >= 0.6 is 0 Å². The molecule has 1 heterocycles. The molecular weight excluding hydrogens is 368 g/mol. The average molecular weight is 384 g/mol. The Bertz CT molecular complexity index is 1090. The Kier molecular flexibility index (Phi) is 5.25. The third-order valence-electron chi connectivity index (χ3n) is 4.15. The van der Waals surface area contributed by atoms with Crippen molar-refractivity contribution in [3.05, 3.63) is 74.6 Å². The van der Waals surface area contributed by atoms with Gasteiger partial charge in [0.15, 0.2) is 0 Å². The van der Waals surface area contributed by atoms with Gasteiger partial charge in [-0.2, -0.15) is 0 Å². The normalized spacial score (nSPS) is 11.8. The number of anilines is 1. The molecule has 0 amide bonds. The Hall–Kier alpha value is -3.88. The standard InChI is InChI=1S/C19H16N2O7/c1-27-18(23)14(10-11-6-8-12(22)9-7-11)20-16-13-4-2-3-5-15(13)28-19(24)17(16)21(25)26/h2-9,14,20,22H,10H2,1H3. The molecule has 3 rings (SSSR count). The Morgan fingerprint density at radius 2 is 1.93 bits per heavy atom. The first-order chi connectivity index (χ1) is 13.4. The highest BCUT2D eigenvalue weighted by Crippen LogP contribution is 2.31. The highest BCUT2D eigenvalue weighted by atomic mass is 16.6. The highest BCUT2D eigenvalue weighted by molar-refractivity contribution is 5.96. The number of nitrogens with one attached hydrogen (secondary N) is 1. The van der Waals surface area contributed by atoms with E-state index >= 15 is 0 Å². The second kappa shape index (κ2) is 7.78. The first-order valence-corrected chi connectivity index (χ1v) is 8.23. The van der Waals surface area contributed by atoms with Gasteiger partial charge in [0.1, 0.15) is 23.1 Å². The predicted octanol–water partition coefficient (Wildman–Crippen LogP) is 2.60. The summed E-state index contributed by atoms with van der Waals surface area (Å²) < 4.78 is 9.81. The van der Waals surface area contributed by atoms with E-state index < -0.39 is 28.2 Å². The van der Waals surface area contributed by atoms with Crippen LogP contribution in [0, 0.1) is 10.1 Å². The van der Waals surface area contributed by atoms with Crippen LogP contribution in [0.1, 0.15) is 5.56 Å². The number of methoxy groups -OCH3 is 1. The van der Waals surface area contributed by atoms with Gasteiger partial charge in [-0.1, -0.05) is 24.3 Å². The number of aromatic hydroxyl groups is 1. The van der Waals surface area contributed by atoms with Crippen LogP contribution in [0.4, 0.5) is 11.4 Å². The van der Waals surface area contributed by atoms with Gasteiger partial charge in [0.05, 0.1) is 12.0 Å². The van der Waals surface area contributed by atoms with Crippen LogP contribution in [0.3, 0.4) is 0 Å². The van der Waals surface area contributed by atoms with E-state index in [9.17, 15) is 24.8 Å². The van der Waals surface area contributed by atoms with Crippen molar-refractivity contribution < 1.29 is 24.0 Å². The zero-order valence-corrected chi connectivity index (χ0v) is 14.7. The van der Waals surface area contributed by atoms with E-state index in [0.717, 1.165) is 0 Å². The third kappa shape index (κ3) is 3.78. The molecule has 0 aliphatic heterocycles. The fraction of sp³-hybridized carbons (Fsp3) is 0.158. The van der Waals surface area contributed by atoms with Gasteiger partial charge in [0.25, 0.3) is 0 Å². The van der Waals surface area contributed by atoms with Crippen LogP contribution in [0.5, 0.6) is 5.75 Å². The molecule has 1 unspecified atom stereocenters. The van der Waals surface area contributed by atoms with Crippen molar-refractivity contribution in [2.45, 2.75) is 12.5 Å². The molecular formula is C19H16N2O7. The molecule has 144 valence electrons.